The first-order chi connectivity index (χ1) is 14.7. The van der Waals surface area contributed by atoms with Crippen molar-refractivity contribution in [2.75, 3.05) is 19.8 Å². The maximum atomic E-state index is 6.24. The van der Waals surface area contributed by atoms with E-state index in [1.54, 1.807) is 12.1 Å². The van der Waals surface area contributed by atoms with Crippen molar-refractivity contribution in [3.05, 3.63) is 56.5 Å². The minimum absolute atomic E-state index is 0.134. The van der Waals surface area contributed by atoms with Gasteiger partial charge in [0, 0.05) is 24.1 Å². The van der Waals surface area contributed by atoms with Crippen molar-refractivity contribution in [3.8, 4) is 23.0 Å². The first kappa shape index (κ1) is 24.2. The van der Waals surface area contributed by atoms with Gasteiger partial charge in [-0.15, -0.1) is 0 Å². The van der Waals surface area contributed by atoms with E-state index in [2.05, 4.69) is 19.9 Å². The van der Waals surface area contributed by atoms with Crippen LogP contribution in [0.4, 0.5) is 0 Å². The van der Waals surface area contributed by atoms with Crippen LogP contribution in [-0.2, 0) is 6.42 Å². The molecular weight excluding hydrogens is 482 g/mol. The largest absolute Gasteiger partial charge is 0.492 e. The van der Waals surface area contributed by atoms with Crippen LogP contribution in [0.2, 0.25) is 10.0 Å². The molecule has 0 aliphatic carbocycles. The summed E-state index contributed by atoms with van der Waals surface area (Å²) in [5.41, 5.74) is 0.990. The summed E-state index contributed by atoms with van der Waals surface area (Å²) in [6.45, 7) is 5.39. The predicted molar refractivity (Wildman–Crippen MR) is 127 cm³/mol. The minimum Gasteiger partial charge on any atom is -0.492 e. The Bertz CT molecular complexity index is 939. The fraction of sp³-hybridized carbons (Fsp3) is 0.391. The lowest BCUT2D eigenvalue weighted by Crippen LogP contribution is -2.24. The maximum absolute atomic E-state index is 6.24. The molecule has 31 heavy (non-hydrogen) atoms. The van der Waals surface area contributed by atoms with Crippen LogP contribution in [0, 0.1) is 0 Å². The molecule has 1 heterocycles. The van der Waals surface area contributed by atoms with E-state index in [9.17, 15) is 0 Å². The molecule has 0 saturated carbocycles. The Balaban J connectivity index is 1.45. The van der Waals surface area contributed by atoms with Crippen LogP contribution < -0.4 is 18.9 Å². The van der Waals surface area contributed by atoms with E-state index in [4.69, 9.17) is 65.4 Å². The van der Waals surface area contributed by atoms with Gasteiger partial charge in [-0.05, 0) is 38.8 Å². The monoisotopic (exact) mass is 504 g/mol. The van der Waals surface area contributed by atoms with Crippen LogP contribution in [-0.4, -0.2) is 25.4 Å². The fourth-order valence-electron chi connectivity index (χ4n) is 3.20. The van der Waals surface area contributed by atoms with Gasteiger partial charge < -0.3 is 18.9 Å². The van der Waals surface area contributed by atoms with E-state index in [0.29, 0.717) is 34.8 Å². The van der Waals surface area contributed by atoms with Gasteiger partial charge in [0.1, 0.15) is 33.2 Å². The Kier molecular flexibility index (Phi) is 8.51. The number of halogens is 4. The van der Waals surface area contributed by atoms with Crippen molar-refractivity contribution in [1.29, 1.82) is 0 Å². The van der Waals surface area contributed by atoms with Crippen LogP contribution in [0.15, 0.2) is 40.9 Å². The van der Waals surface area contributed by atoms with E-state index >= 15 is 0 Å². The van der Waals surface area contributed by atoms with E-state index < -0.39 is 0 Å². The topological polar surface area (TPSA) is 36.9 Å². The van der Waals surface area contributed by atoms with E-state index in [1.807, 2.05) is 12.1 Å². The van der Waals surface area contributed by atoms with Crippen molar-refractivity contribution in [2.45, 2.75) is 38.7 Å². The third kappa shape index (κ3) is 7.01. The van der Waals surface area contributed by atoms with Crippen molar-refractivity contribution >= 4 is 46.4 Å². The maximum Gasteiger partial charge on any atom is 0.165 e. The second-order valence-electron chi connectivity index (χ2n) is 7.71. The predicted octanol–water partition coefficient (Wildman–Crippen LogP) is 7.64. The summed E-state index contributed by atoms with van der Waals surface area (Å²) in [5.74, 6) is 2.61. The number of rotatable bonds is 10. The molecule has 0 fully saturated rings. The molecule has 0 saturated heterocycles. The average Bonchev–Trinajstić information content (AvgIpc) is 3.02. The average molecular weight is 506 g/mol. The van der Waals surface area contributed by atoms with Gasteiger partial charge in [-0.3, -0.25) is 0 Å². The Hall–Kier alpha value is -1.46. The SMILES string of the molecule is CC1(C)Cc2cccc(OCCCCOc3cc(OCC=C(Cl)Cl)cc(Cl)c3Cl)c2O1. The quantitative estimate of drug-likeness (QED) is 0.311. The molecule has 1 aliphatic rings. The van der Waals surface area contributed by atoms with Gasteiger partial charge in [0.05, 0.1) is 18.2 Å². The standard InChI is InChI=1S/C23H24Cl4O4/c1-23(2)14-15-6-5-7-18(22(15)31-23)29-9-3-4-10-30-19-13-16(12-17(24)21(19)27)28-11-8-20(25)26/h5-8,12-13H,3-4,9-11,14H2,1-2H3. The van der Waals surface area contributed by atoms with Gasteiger partial charge in [0.25, 0.3) is 0 Å². The van der Waals surface area contributed by atoms with Gasteiger partial charge in [0.2, 0.25) is 0 Å². The van der Waals surface area contributed by atoms with E-state index in [-0.39, 0.29) is 16.7 Å². The summed E-state index contributed by atoms with van der Waals surface area (Å²) in [6, 6.07) is 9.32. The molecule has 2 aromatic rings. The smallest absolute Gasteiger partial charge is 0.165 e. The lowest BCUT2D eigenvalue weighted by atomic mass is 10.0. The van der Waals surface area contributed by atoms with Crippen molar-refractivity contribution in [2.24, 2.45) is 0 Å². The molecule has 168 valence electrons. The molecule has 3 rings (SSSR count). The van der Waals surface area contributed by atoms with Gasteiger partial charge in [-0.25, -0.2) is 0 Å². The van der Waals surface area contributed by atoms with E-state index in [1.165, 1.54) is 11.6 Å². The van der Waals surface area contributed by atoms with Crippen LogP contribution in [0.5, 0.6) is 23.0 Å². The molecule has 0 amide bonds. The summed E-state index contributed by atoms with van der Waals surface area (Å²) < 4.78 is 23.4. The van der Waals surface area contributed by atoms with Crippen molar-refractivity contribution < 1.29 is 18.9 Å². The van der Waals surface area contributed by atoms with Gasteiger partial charge in [0.15, 0.2) is 11.5 Å². The Morgan fingerprint density at radius 1 is 1.03 bits per heavy atom. The zero-order chi connectivity index (χ0) is 22.4. The third-order valence-electron chi connectivity index (χ3n) is 4.56. The van der Waals surface area contributed by atoms with Crippen LogP contribution in [0.1, 0.15) is 32.3 Å². The third-order valence-corrected chi connectivity index (χ3v) is 5.66. The molecule has 0 radical (unpaired) electrons. The lowest BCUT2D eigenvalue weighted by molar-refractivity contribution is 0.132. The fourth-order valence-corrected chi connectivity index (χ4v) is 3.69. The molecule has 1 aliphatic heterocycles. The van der Waals surface area contributed by atoms with Gasteiger partial charge in [-0.2, -0.15) is 0 Å². The molecule has 4 nitrogen and oxygen atoms in total. The molecule has 0 bridgehead atoms. The highest BCUT2D eigenvalue weighted by Crippen LogP contribution is 2.42. The number of para-hydroxylation sites is 1. The first-order valence-electron chi connectivity index (χ1n) is 9.95. The summed E-state index contributed by atoms with van der Waals surface area (Å²) in [5, 5.41) is 0.690. The summed E-state index contributed by atoms with van der Waals surface area (Å²) in [4.78, 5) is 0. The second-order valence-corrected chi connectivity index (χ2v) is 9.50. The highest BCUT2D eigenvalue weighted by molar-refractivity contribution is 6.55. The van der Waals surface area contributed by atoms with Crippen LogP contribution in [0.3, 0.4) is 0 Å². The number of ether oxygens (including phenoxy) is 4. The molecule has 8 heteroatoms. The van der Waals surface area contributed by atoms with Gasteiger partial charge in [-0.1, -0.05) is 58.5 Å². The Morgan fingerprint density at radius 3 is 2.45 bits per heavy atom. The number of fused-ring (bicyclic) bond motifs is 1. The molecule has 0 aromatic heterocycles. The number of benzene rings is 2. The molecule has 0 unspecified atom stereocenters. The normalized spacial score (nSPS) is 13.9. The zero-order valence-electron chi connectivity index (χ0n) is 17.4. The van der Waals surface area contributed by atoms with Crippen LogP contribution >= 0.6 is 46.4 Å². The van der Waals surface area contributed by atoms with E-state index in [0.717, 1.165) is 30.8 Å². The number of unbranched alkanes of at least 4 members (excludes halogenated alkanes) is 1. The zero-order valence-corrected chi connectivity index (χ0v) is 20.4. The second kappa shape index (κ2) is 10.9. The molecule has 0 spiro atoms. The van der Waals surface area contributed by atoms with Crippen LogP contribution in [0.25, 0.3) is 0 Å². The number of hydrogen-bond acceptors (Lipinski definition) is 4. The molecule has 0 N–H and O–H groups in total. The molecular formula is C23H24Cl4O4. The van der Waals surface area contributed by atoms with Crippen molar-refractivity contribution in [1.82, 2.24) is 0 Å². The van der Waals surface area contributed by atoms with Crippen molar-refractivity contribution in [3.63, 3.8) is 0 Å². The lowest BCUT2D eigenvalue weighted by Gasteiger charge is -2.18. The Labute approximate surface area is 202 Å². The number of hydrogen-bond donors (Lipinski definition) is 0. The van der Waals surface area contributed by atoms with Gasteiger partial charge >= 0.3 is 0 Å². The summed E-state index contributed by atoms with van der Waals surface area (Å²) >= 11 is 23.6. The minimum atomic E-state index is -0.194. The molecule has 2 aromatic carbocycles. The highest BCUT2D eigenvalue weighted by Gasteiger charge is 2.32. The first-order valence-corrected chi connectivity index (χ1v) is 11.5. The summed E-state index contributed by atoms with van der Waals surface area (Å²) in [7, 11) is 0. The molecule has 0 atom stereocenters. The Morgan fingerprint density at radius 2 is 1.74 bits per heavy atom. The highest BCUT2D eigenvalue weighted by atomic mass is 35.5. The summed E-state index contributed by atoms with van der Waals surface area (Å²) in [6.07, 6.45) is 4.01.